The number of halogens is 6. The van der Waals surface area contributed by atoms with E-state index in [2.05, 4.69) is 15.4 Å². The number of alkyl halides is 3. The monoisotopic (exact) mass is 615 g/mol. The third-order valence-electron chi connectivity index (χ3n) is 7.12. The zero-order valence-electron chi connectivity index (χ0n) is 22.7. The number of hydrogen-bond donors (Lipinski definition) is 2. The van der Waals surface area contributed by atoms with Crippen LogP contribution in [0, 0.1) is 17.5 Å². The molecule has 14 heteroatoms. The Morgan fingerprint density at radius 1 is 1.02 bits per heavy atom. The van der Waals surface area contributed by atoms with E-state index in [0.29, 0.717) is 16.3 Å². The molecule has 2 aromatic carbocycles. The van der Waals surface area contributed by atoms with E-state index in [4.69, 9.17) is 5.73 Å². The topological polar surface area (TPSA) is 120 Å². The number of carbonyl (C=O) groups excluding carboxylic acids is 3. The average Bonchev–Trinajstić information content (AvgIpc) is 3.32. The lowest BCUT2D eigenvalue weighted by molar-refractivity contribution is -0.142. The predicted octanol–water partition coefficient (Wildman–Crippen LogP) is 5.10. The molecule has 0 saturated heterocycles. The van der Waals surface area contributed by atoms with Crippen molar-refractivity contribution < 1.29 is 40.7 Å². The number of nitrogens with one attached hydrogen (secondary N) is 1. The Labute approximate surface area is 245 Å². The quantitative estimate of drug-likeness (QED) is 0.268. The van der Waals surface area contributed by atoms with Gasteiger partial charge >= 0.3 is 6.18 Å². The highest BCUT2D eigenvalue weighted by Crippen LogP contribution is 2.36. The summed E-state index contributed by atoms with van der Waals surface area (Å²) in [5, 5.41) is 6.19. The molecule has 2 heterocycles. The summed E-state index contributed by atoms with van der Waals surface area (Å²) in [4.78, 5) is 42.0. The Balaban J connectivity index is 1.54. The van der Waals surface area contributed by atoms with Crippen LogP contribution in [0.2, 0.25) is 0 Å². The molecular weight excluding hydrogens is 592 g/mol. The molecular formula is C30H23F6N5O3. The van der Waals surface area contributed by atoms with Gasteiger partial charge in [0.1, 0.15) is 29.7 Å². The minimum absolute atomic E-state index is 0.00632. The van der Waals surface area contributed by atoms with Crippen LogP contribution in [0.1, 0.15) is 62.2 Å². The van der Waals surface area contributed by atoms with Crippen molar-refractivity contribution in [1.29, 1.82) is 0 Å². The standard InChI is InChI=1S/C30H23F6N5O3/c31-17-9-15(10-18(32)13-17)11-23(26-19(4-2-8-38-26)16-6-7-22(33)21(12-16)29(37)44)39-25(43)14-41-27-20(3-1-5-24(27)42)28(40-41)30(34,35)36/h2,4,6-10,12-13,23H,1,3,5,11,14H2,(H2,37,44)(H,39,43). The number of pyridine rings is 1. The molecule has 0 saturated carbocycles. The molecule has 0 spiro atoms. The third kappa shape index (κ3) is 6.33. The number of Topliss-reactive ketones (excluding diaryl/α,β-unsaturated/α-hetero) is 1. The molecule has 3 N–H and O–H groups in total. The number of nitrogens with zero attached hydrogens (tertiary/aromatic N) is 3. The SMILES string of the molecule is NC(=O)c1cc(-c2cccnc2C(Cc2cc(F)cc(F)c2)NC(=O)Cn2nc(C(F)(F)F)c3c2C(=O)CCC3)ccc1F. The maximum Gasteiger partial charge on any atom is 0.435 e. The molecule has 0 aliphatic heterocycles. The summed E-state index contributed by atoms with van der Waals surface area (Å²) in [6.45, 7) is -0.775. The number of hydrogen-bond acceptors (Lipinski definition) is 5. The van der Waals surface area contributed by atoms with Crippen LogP contribution < -0.4 is 11.1 Å². The van der Waals surface area contributed by atoms with Crippen LogP contribution >= 0.6 is 0 Å². The molecule has 4 aromatic rings. The lowest BCUT2D eigenvalue weighted by Gasteiger charge is -2.22. The van der Waals surface area contributed by atoms with Crippen molar-refractivity contribution in [2.45, 2.75) is 44.4 Å². The molecule has 1 unspecified atom stereocenters. The van der Waals surface area contributed by atoms with Gasteiger partial charge in [-0.05, 0) is 60.7 Å². The fourth-order valence-corrected chi connectivity index (χ4v) is 5.31. The fourth-order valence-electron chi connectivity index (χ4n) is 5.31. The smallest absolute Gasteiger partial charge is 0.366 e. The summed E-state index contributed by atoms with van der Waals surface area (Å²) in [6.07, 6.45) is -3.56. The third-order valence-corrected chi connectivity index (χ3v) is 7.12. The Morgan fingerprint density at radius 2 is 1.75 bits per heavy atom. The van der Waals surface area contributed by atoms with Crippen molar-refractivity contribution in [3.8, 4) is 11.1 Å². The van der Waals surface area contributed by atoms with Gasteiger partial charge in [0.05, 0.1) is 17.3 Å². The summed E-state index contributed by atoms with van der Waals surface area (Å²) in [5.41, 5.74) is 3.85. The number of primary amides is 1. The van der Waals surface area contributed by atoms with Crippen molar-refractivity contribution in [1.82, 2.24) is 20.1 Å². The number of rotatable bonds is 8. The molecule has 0 bridgehead atoms. The minimum Gasteiger partial charge on any atom is -0.366 e. The summed E-state index contributed by atoms with van der Waals surface area (Å²) >= 11 is 0. The summed E-state index contributed by atoms with van der Waals surface area (Å²) in [7, 11) is 0. The number of ketones is 1. The minimum atomic E-state index is -4.85. The Hall–Kier alpha value is -5.01. The molecule has 44 heavy (non-hydrogen) atoms. The largest absolute Gasteiger partial charge is 0.435 e. The van der Waals surface area contributed by atoms with Gasteiger partial charge in [0.25, 0.3) is 5.91 Å². The Kier molecular flexibility index (Phi) is 8.26. The number of nitrogens with two attached hydrogens (primary N) is 1. The predicted molar refractivity (Wildman–Crippen MR) is 144 cm³/mol. The molecule has 5 rings (SSSR count). The molecule has 1 atom stereocenters. The van der Waals surface area contributed by atoms with Crippen LogP contribution in [-0.2, 0) is 30.4 Å². The summed E-state index contributed by atoms with van der Waals surface area (Å²) in [5.74, 6) is -5.15. The molecule has 0 radical (unpaired) electrons. The van der Waals surface area contributed by atoms with E-state index in [1.807, 2.05) is 0 Å². The van der Waals surface area contributed by atoms with Gasteiger partial charge in [-0.3, -0.25) is 24.0 Å². The van der Waals surface area contributed by atoms with Gasteiger partial charge in [0, 0.05) is 29.8 Å². The van der Waals surface area contributed by atoms with E-state index in [0.717, 1.165) is 18.2 Å². The maximum absolute atomic E-state index is 14.2. The van der Waals surface area contributed by atoms with E-state index < -0.39 is 65.1 Å². The summed E-state index contributed by atoms with van der Waals surface area (Å²) in [6, 6.07) is 8.17. The number of fused-ring (bicyclic) bond motifs is 1. The second-order valence-electron chi connectivity index (χ2n) is 10.2. The van der Waals surface area contributed by atoms with Crippen molar-refractivity contribution in [2.75, 3.05) is 0 Å². The highest BCUT2D eigenvalue weighted by atomic mass is 19.4. The highest BCUT2D eigenvalue weighted by Gasteiger charge is 2.41. The van der Waals surface area contributed by atoms with Crippen molar-refractivity contribution in [3.63, 3.8) is 0 Å². The first kappa shape index (κ1) is 30.4. The van der Waals surface area contributed by atoms with E-state index in [-0.39, 0.29) is 53.8 Å². The van der Waals surface area contributed by atoms with Crippen LogP contribution in [0.15, 0.2) is 54.7 Å². The van der Waals surface area contributed by atoms with E-state index in [1.165, 1.54) is 24.4 Å². The van der Waals surface area contributed by atoms with Crippen molar-refractivity contribution >= 4 is 17.6 Å². The Morgan fingerprint density at radius 3 is 2.43 bits per heavy atom. The molecule has 2 amide bonds. The lowest BCUT2D eigenvalue weighted by atomic mass is 9.94. The normalized spacial score (nSPS) is 13.8. The van der Waals surface area contributed by atoms with Crippen LogP contribution in [0.25, 0.3) is 11.1 Å². The molecule has 8 nitrogen and oxygen atoms in total. The first-order chi connectivity index (χ1) is 20.8. The number of aromatic nitrogens is 3. The second kappa shape index (κ2) is 11.9. The fraction of sp³-hybridized carbons (Fsp3) is 0.233. The number of benzene rings is 2. The van der Waals surface area contributed by atoms with Gasteiger partial charge in [-0.25, -0.2) is 13.2 Å². The van der Waals surface area contributed by atoms with E-state index >= 15 is 0 Å². The molecule has 0 fully saturated rings. The highest BCUT2D eigenvalue weighted by molar-refractivity contribution is 5.97. The second-order valence-corrected chi connectivity index (χ2v) is 10.2. The van der Waals surface area contributed by atoms with Gasteiger partial charge in [0.2, 0.25) is 5.91 Å². The van der Waals surface area contributed by atoms with E-state index in [1.54, 1.807) is 6.07 Å². The Bertz CT molecular complexity index is 1770. The number of carbonyl (C=O) groups is 3. The first-order valence-electron chi connectivity index (χ1n) is 13.3. The average molecular weight is 616 g/mol. The number of amides is 2. The molecule has 2 aromatic heterocycles. The van der Waals surface area contributed by atoms with Gasteiger partial charge in [-0.2, -0.15) is 18.3 Å². The molecule has 1 aliphatic carbocycles. The van der Waals surface area contributed by atoms with E-state index in [9.17, 15) is 40.7 Å². The van der Waals surface area contributed by atoms with Crippen LogP contribution in [-0.4, -0.2) is 32.4 Å². The van der Waals surface area contributed by atoms with Crippen molar-refractivity contribution in [3.05, 3.63) is 106 Å². The molecule has 1 aliphatic rings. The van der Waals surface area contributed by atoms with Gasteiger partial charge in [0.15, 0.2) is 11.5 Å². The van der Waals surface area contributed by atoms with Gasteiger partial charge in [-0.1, -0.05) is 12.1 Å². The first-order valence-corrected chi connectivity index (χ1v) is 13.3. The van der Waals surface area contributed by atoms with Crippen molar-refractivity contribution in [2.24, 2.45) is 5.73 Å². The van der Waals surface area contributed by atoms with Crippen LogP contribution in [0.4, 0.5) is 26.3 Å². The van der Waals surface area contributed by atoms with Crippen LogP contribution in [0.5, 0.6) is 0 Å². The summed E-state index contributed by atoms with van der Waals surface area (Å²) < 4.78 is 84.1. The van der Waals surface area contributed by atoms with Crippen LogP contribution in [0.3, 0.4) is 0 Å². The zero-order chi connectivity index (χ0) is 31.8. The van der Waals surface area contributed by atoms with Gasteiger partial charge in [-0.15, -0.1) is 0 Å². The lowest BCUT2D eigenvalue weighted by Crippen LogP contribution is -2.34. The van der Waals surface area contributed by atoms with Gasteiger partial charge < -0.3 is 11.1 Å². The zero-order valence-corrected chi connectivity index (χ0v) is 22.7. The molecule has 228 valence electrons. The maximum atomic E-state index is 14.2.